The number of hydrogen-bond acceptors (Lipinski definition) is 5. The molecule has 5 heteroatoms. The largest absolute Gasteiger partial charge is 0.388 e. The molecule has 0 unspecified atom stereocenters. The summed E-state index contributed by atoms with van der Waals surface area (Å²) in [4.78, 5) is 0. The van der Waals surface area contributed by atoms with Gasteiger partial charge in [-0.05, 0) is 12.5 Å². The average molecular weight is 268 g/mol. The van der Waals surface area contributed by atoms with Crippen LogP contribution in [0.5, 0.6) is 0 Å². The summed E-state index contributed by atoms with van der Waals surface area (Å²) in [6, 6.07) is 9.64. The van der Waals surface area contributed by atoms with E-state index in [-0.39, 0.29) is 0 Å². The second-order valence-electron chi connectivity index (χ2n) is 4.68. The van der Waals surface area contributed by atoms with E-state index in [1.54, 1.807) is 6.92 Å². The van der Waals surface area contributed by atoms with Crippen LogP contribution < -0.4 is 0 Å². The van der Waals surface area contributed by atoms with Gasteiger partial charge in [-0.25, -0.2) is 0 Å². The molecule has 1 heterocycles. The van der Waals surface area contributed by atoms with Crippen LogP contribution in [0, 0.1) is 0 Å². The highest BCUT2D eigenvalue weighted by Gasteiger charge is 2.44. The van der Waals surface area contributed by atoms with Crippen LogP contribution in [0.15, 0.2) is 30.3 Å². The topological polar surface area (TPSA) is 68.2 Å². The predicted molar refractivity (Wildman–Crippen MR) is 68.4 cm³/mol. The molecule has 0 saturated carbocycles. The number of aliphatic hydroxyl groups excluding tert-OH is 2. The molecule has 19 heavy (non-hydrogen) atoms. The van der Waals surface area contributed by atoms with Gasteiger partial charge in [-0.2, -0.15) is 0 Å². The smallest absolute Gasteiger partial charge is 0.184 e. The maximum absolute atomic E-state index is 10.1. The monoisotopic (exact) mass is 268 g/mol. The third-order valence-electron chi connectivity index (χ3n) is 3.33. The first-order chi connectivity index (χ1) is 9.13. The van der Waals surface area contributed by atoms with Crippen LogP contribution in [0.4, 0.5) is 0 Å². The molecule has 1 aromatic rings. The lowest BCUT2D eigenvalue weighted by Crippen LogP contribution is -2.58. The second-order valence-corrected chi connectivity index (χ2v) is 4.68. The summed E-state index contributed by atoms with van der Waals surface area (Å²) in [5.74, 6) is 0. The fourth-order valence-electron chi connectivity index (χ4n) is 2.21. The Kier molecular flexibility index (Phi) is 4.90. The Morgan fingerprint density at radius 3 is 2.47 bits per heavy atom. The molecule has 0 spiro atoms. The Morgan fingerprint density at radius 1 is 1.16 bits per heavy atom. The van der Waals surface area contributed by atoms with E-state index in [2.05, 4.69) is 0 Å². The molecule has 1 aliphatic heterocycles. The maximum atomic E-state index is 10.1. The maximum Gasteiger partial charge on any atom is 0.184 e. The van der Waals surface area contributed by atoms with E-state index >= 15 is 0 Å². The number of methoxy groups -OCH3 is 1. The van der Waals surface area contributed by atoms with Gasteiger partial charge in [-0.3, -0.25) is 0 Å². The summed E-state index contributed by atoms with van der Waals surface area (Å²) in [6.45, 7) is 2.04. The molecule has 0 radical (unpaired) electrons. The second kappa shape index (κ2) is 6.45. The number of aliphatic hydroxyl groups is 2. The van der Waals surface area contributed by atoms with Gasteiger partial charge in [0, 0.05) is 7.11 Å². The standard InChI is InChI=1S/C14H20O5/c1-9-11(15)12(13(17-2)14(16)19-9)18-8-10-6-4-3-5-7-10/h3-7,9,11-16H,8H2,1-2H3/t9-,11+,12-,13-,14+/m1/s1. The van der Waals surface area contributed by atoms with Crippen LogP contribution in [0.25, 0.3) is 0 Å². The van der Waals surface area contributed by atoms with Gasteiger partial charge in [-0.15, -0.1) is 0 Å². The predicted octanol–water partition coefficient (Wildman–Crippen LogP) is 0.685. The van der Waals surface area contributed by atoms with E-state index in [0.29, 0.717) is 6.61 Å². The van der Waals surface area contributed by atoms with Crippen molar-refractivity contribution < 1.29 is 24.4 Å². The molecule has 5 atom stereocenters. The molecule has 0 bridgehead atoms. The molecule has 1 aromatic carbocycles. The van der Waals surface area contributed by atoms with Crippen molar-refractivity contribution in [3.8, 4) is 0 Å². The van der Waals surface area contributed by atoms with Gasteiger partial charge in [-0.1, -0.05) is 30.3 Å². The molecule has 0 aliphatic carbocycles. The zero-order valence-electron chi connectivity index (χ0n) is 11.1. The van der Waals surface area contributed by atoms with Crippen molar-refractivity contribution in [1.29, 1.82) is 0 Å². The van der Waals surface area contributed by atoms with E-state index < -0.39 is 30.7 Å². The fourth-order valence-corrected chi connectivity index (χ4v) is 2.21. The number of rotatable bonds is 4. The highest BCUT2D eigenvalue weighted by Crippen LogP contribution is 2.24. The molecule has 106 valence electrons. The van der Waals surface area contributed by atoms with Crippen molar-refractivity contribution in [3.05, 3.63) is 35.9 Å². The van der Waals surface area contributed by atoms with Crippen LogP contribution in [-0.2, 0) is 20.8 Å². The van der Waals surface area contributed by atoms with Crippen LogP contribution in [0.3, 0.4) is 0 Å². The SMILES string of the molecule is CO[C@@H]1[C@H](OCc2ccccc2)[C@@H](O)[C@@H](C)O[C@@H]1O. The van der Waals surface area contributed by atoms with E-state index in [9.17, 15) is 10.2 Å². The lowest BCUT2D eigenvalue weighted by molar-refractivity contribution is -0.293. The highest BCUT2D eigenvalue weighted by molar-refractivity contribution is 5.13. The van der Waals surface area contributed by atoms with Gasteiger partial charge in [0.15, 0.2) is 6.29 Å². The zero-order valence-corrected chi connectivity index (χ0v) is 11.1. The minimum atomic E-state index is -1.09. The van der Waals surface area contributed by atoms with Crippen molar-refractivity contribution in [3.63, 3.8) is 0 Å². The minimum Gasteiger partial charge on any atom is -0.388 e. The van der Waals surface area contributed by atoms with E-state index in [4.69, 9.17) is 14.2 Å². The molecule has 2 rings (SSSR count). The molecule has 0 amide bonds. The van der Waals surface area contributed by atoms with Gasteiger partial charge in [0.2, 0.25) is 0 Å². The Balaban J connectivity index is 2.02. The van der Waals surface area contributed by atoms with Gasteiger partial charge in [0.1, 0.15) is 18.3 Å². The first kappa shape index (κ1) is 14.4. The first-order valence-electron chi connectivity index (χ1n) is 6.33. The van der Waals surface area contributed by atoms with Crippen molar-refractivity contribution >= 4 is 0 Å². The molecular weight excluding hydrogens is 248 g/mol. The molecule has 5 nitrogen and oxygen atoms in total. The van der Waals surface area contributed by atoms with Crippen molar-refractivity contribution in [2.45, 2.75) is 44.2 Å². The summed E-state index contributed by atoms with van der Waals surface area (Å²) >= 11 is 0. The van der Waals surface area contributed by atoms with E-state index in [0.717, 1.165) is 5.56 Å². The zero-order chi connectivity index (χ0) is 13.8. The quantitative estimate of drug-likeness (QED) is 0.840. The van der Waals surface area contributed by atoms with Crippen LogP contribution in [0.1, 0.15) is 12.5 Å². The normalized spacial score (nSPS) is 35.3. The summed E-state index contributed by atoms with van der Waals surface area (Å²) in [5.41, 5.74) is 0.998. The Morgan fingerprint density at radius 2 is 1.84 bits per heavy atom. The number of hydrogen-bond donors (Lipinski definition) is 2. The van der Waals surface area contributed by atoms with Crippen LogP contribution >= 0.6 is 0 Å². The molecule has 2 N–H and O–H groups in total. The summed E-state index contributed by atoms with van der Waals surface area (Å²) < 4.78 is 16.1. The highest BCUT2D eigenvalue weighted by atomic mass is 16.7. The molecular formula is C14H20O5. The third kappa shape index (κ3) is 3.32. The van der Waals surface area contributed by atoms with Crippen LogP contribution in [0.2, 0.25) is 0 Å². The number of benzene rings is 1. The third-order valence-corrected chi connectivity index (χ3v) is 3.33. The van der Waals surface area contributed by atoms with Gasteiger partial charge in [0.05, 0.1) is 12.7 Å². The molecule has 1 aliphatic rings. The molecule has 0 aromatic heterocycles. The fraction of sp³-hybridized carbons (Fsp3) is 0.571. The Bertz CT molecular complexity index is 383. The number of ether oxygens (including phenoxy) is 3. The molecule has 1 saturated heterocycles. The lowest BCUT2D eigenvalue weighted by atomic mass is 9.99. The Labute approximate surface area is 112 Å². The lowest BCUT2D eigenvalue weighted by Gasteiger charge is -2.40. The van der Waals surface area contributed by atoms with Gasteiger partial charge >= 0.3 is 0 Å². The van der Waals surface area contributed by atoms with Gasteiger partial charge in [0.25, 0.3) is 0 Å². The van der Waals surface area contributed by atoms with Crippen molar-refractivity contribution in [1.82, 2.24) is 0 Å². The summed E-state index contributed by atoms with van der Waals surface area (Å²) in [6.07, 6.45) is -3.75. The summed E-state index contributed by atoms with van der Waals surface area (Å²) in [5, 5.41) is 19.9. The first-order valence-corrected chi connectivity index (χ1v) is 6.33. The van der Waals surface area contributed by atoms with Gasteiger partial charge < -0.3 is 24.4 Å². The molecule has 1 fully saturated rings. The average Bonchev–Trinajstić information content (AvgIpc) is 2.42. The van der Waals surface area contributed by atoms with Crippen molar-refractivity contribution in [2.75, 3.05) is 7.11 Å². The van der Waals surface area contributed by atoms with E-state index in [1.807, 2.05) is 30.3 Å². The van der Waals surface area contributed by atoms with Crippen molar-refractivity contribution in [2.24, 2.45) is 0 Å². The van der Waals surface area contributed by atoms with Crippen LogP contribution in [-0.4, -0.2) is 48.0 Å². The van der Waals surface area contributed by atoms with E-state index in [1.165, 1.54) is 7.11 Å². The Hall–Kier alpha value is -0.980. The summed E-state index contributed by atoms with van der Waals surface area (Å²) in [7, 11) is 1.46. The minimum absolute atomic E-state index is 0.349.